The van der Waals surface area contributed by atoms with Crippen molar-refractivity contribution in [1.29, 1.82) is 0 Å². The van der Waals surface area contributed by atoms with Crippen molar-refractivity contribution in [3.63, 3.8) is 0 Å². The topological polar surface area (TPSA) is 28.2 Å². The third-order valence-corrected chi connectivity index (χ3v) is 4.07. The normalized spacial score (nSPS) is 12.5. The van der Waals surface area contributed by atoms with Crippen LogP contribution in [0, 0.1) is 0 Å². The van der Waals surface area contributed by atoms with Crippen LogP contribution in [-0.2, 0) is 13.0 Å². The standard InChI is InChI=1S/C19H27N3/c1-3-22(4-2)19(13-17-9-6-5-7-10-17)16-21-15-18-11-8-12-20-14-18/h5-12,14,19,21H,3-4,13,15-16H2,1-2H3/t19-/m0/s1. The van der Waals surface area contributed by atoms with E-state index in [4.69, 9.17) is 0 Å². The van der Waals surface area contributed by atoms with Crippen LogP contribution in [0.2, 0.25) is 0 Å². The Labute approximate surface area is 134 Å². The van der Waals surface area contributed by atoms with E-state index < -0.39 is 0 Å². The van der Waals surface area contributed by atoms with E-state index in [1.165, 1.54) is 11.1 Å². The maximum absolute atomic E-state index is 4.17. The fourth-order valence-corrected chi connectivity index (χ4v) is 2.84. The van der Waals surface area contributed by atoms with E-state index in [-0.39, 0.29) is 0 Å². The molecule has 1 N–H and O–H groups in total. The summed E-state index contributed by atoms with van der Waals surface area (Å²) >= 11 is 0. The van der Waals surface area contributed by atoms with Gasteiger partial charge in [-0.1, -0.05) is 50.2 Å². The van der Waals surface area contributed by atoms with E-state index >= 15 is 0 Å². The van der Waals surface area contributed by atoms with Crippen LogP contribution >= 0.6 is 0 Å². The summed E-state index contributed by atoms with van der Waals surface area (Å²) in [4.78, 5) is 6.70. The number of hydrogen-bond acceptors (Lipinski definition) is 3. The molecule has 0 aliphatic heterocycles. The van der Waals surface area contributed by atoms with Crippen molar-refractivity contribution in [2.75, 3.05) is 19.6 Å². The first-order valence-corrected chi connectivity index (χ1v) is 8.21. The Morgan fingerprint density at radius 1 is 1.00 bits per heavy atom. The molecule has 2 aromatic rings. The third kappa shape index (κ3) is 5.24. The van der Waals surface area contributed by atoms with Crippen molar-refractivity contribution in [1.82, 2.24) is 15.2 Å². The molecule has 1 aromatic carbocycles. The summed E-state index contributed by atoms with van der Waals surface area (Å²) in [6.45, 7) is 8.52. The van der Waals surface area contributed by atoms with E-state index in [0.717, 1.165) is 32.6 Å². The van der Waals surface area contributed by atoms with Crippen LogP contribution in [0.5, 0.6) is 0 Å². The van der Waals surface area contributed by atoms with Gasteiger partial charge in [0.15, 0.2) is 0 Å². The Hall–Kier alpha value is -1.71. The van der Waals surface area contributed by atoms with E-state index in [1.807, 2.05) is 18.5 Å². The molecule has 3 heteroatoms. The first-order valence-electron chi connectivity index (χ1n) is 8.21. The Morgan fingerprint density at radius 3 is 2.36 bits per heavy atom. The summed E-state index contributed by atoms with van der Waals surface area (Å²) in [6, 6.07) is 15.4. The Bertz CT molecular complexity index is 509. The van der Waals surface area contributed by atoms with Gasteiger partial charge in [-0.05, 0) is 36.7 Å². The SMILES string of the molecule is CCN(CC)[C@H](CNCc1cccnc1)Cc1ccccc1. The molecule has 1 heterocycles. The fourth-order valence-electron chi connectivity index (χ4n) is 2.84. The van der Waals surface area contributed by atoms with Crippen LogP contribution in [0.15, 0.2) is 54.9 Å². The second-order valence-corrected chi connectivity index (χ2v) is 5.56. The lowest BCUT2D eigenvalue weighted by atomic mass is 10.0. The van der Waals surface area contributed by atoms with Gasteiger partial charge >= 0.3 is 0 Å². The lowest BCUT2D eigenvalue weighted by Crippen LogP contribution is -2.43. The van der Waals surface area contributed by atoms with Gasteiger partial charge < -0.3 is 5.32 Å². The summed E-state index contributed by atoms with van der Waals surface area (Å²) in [7, 11) is 0. The summed E-state index contributed by atoms with van der Waals surface area (Å²) in [5.41, 5.74) is 2.64. The number of rotatable bonds is 9. The van der Waals surface area contributed by atoms with Crippen molar-refractivity contribution in [3.8, 4) is 0 Å². The lowest BCUT2D eigenvalue weighted by Gasteiger charge is -2.30. The number of pyridine rings is 1. The van der Waals surface area contributed by atoms with Crippen LogP contribution in [0.3, 0.4) is 0 Å². The highest BCUT2D eigenvalue weighted by molar-refractivity contribution is 5.16. The summed E-state index contributed by atoms with van der Waals surface area (Å²) in [5.74, 6) is 0. The highest BCUT2D eigenvalue weighted by Crippen LogP contribution is 2.09. The van der Waals surface area contributed by atoms with Gasteiger partial charge in [0.25, 0.3) is 0 Å². The second kappa shape index (κ2) is 9.34. The van der Waals surface area contributed by atoms with Crippen molar-refractivity contribution < 1.29 is 0 Å². The third-order valence-electron chi connectivity index (χ3n) is 4.07. The molecule has 0 aliphatic carbocycles. The molecule has 2 rings (SSSR count). The van der Waals surface area contributed by atoms with Gasteiger partial charge in [-0.2, -0.15) is 0 Å². The zero-order valence-corrected chi connectivity index (χ0v) is 13.7. The minimum atomic E-state index is 0.522. The minimum Gasteiger partial charge on any atom is -0.311 e. The average Bonchev–Trinajstić information content (AvgIpc) is 2.57. The molecule has 118 valence electrons. The molecule has 0 unspecified atom stereocenters. The van der Waals surface area contributed by atoms with Crippen molar-refractivity contribution in [3.05, 3.63) is 66.0 Å². The highest BCUT2D eigenvalue weighted by Gasteiger charge is 2.15. The monoisotopic (exact) mass is 297 g/mol. The summed E-state index contributed by atoms with van der Waals surface area (Å²) in [6.07, 6.45) is 4.83. The van der Waals surface area contributed by atoms with Crippen LogP contribution in [0.1, 0.15) is 25.0 Å². The predicted octanol–water partition coefficient (Wildman–Crippen LogP) is 3.12. The van der Waals surface area contributed by atoms with Gasteiger partial charge in [-0.3, -0.25) is 9.88 Å². The molecule has 1 aromatic heterocycles. The van der Waals surface area contributed by atoms with E-state index in [0.29, 0.717) is 6.04 Å². The molecule has 0 radical (unpaired) electrons. The fraction of sp³-hybridized carbons (Fsp3) is 0.421. The maximum Gasteiger partial charge on any atom is 0.0312 e. The van der Waals surface area contributed by atoms with Gasteiger partial charge in [-0.15, -0.1) is 0 Å². The summed E-state index contributed by atoms with van der Waals surface area (Å²) < 4.78 is 0. The second-order valence-electron chi connectivity index (χ2n) is 5.56. The number of nitrogens with zero attached hydrogens (tertiary/aromatic N) is 2. The van der Waals surface area contributed by atoms with Gasteiger partial charge in [0.05, 0.1) is 0 Å². The molecule has 0 aliphatic rings. The van der Waals surface area contributed by atoms with Crippen LogP contribution in [-0.4, -0.2) is 35.6 Å². The Kier molecular flexibility index (Phi) is 7.07. The number of likely N-dealkylation sites (N-methyl/N-ethyl adjacent to an activating group) is 1. The smallest absolute Gasteiger partial charge is 0.0312 e. The Morgan fingerprint density at radius 2 is 1.73 bits per heavy atom. The molecular weight excluding hydrogens is 270 g/mol. The lowest BCUT2D eigenvalue weighted by molar-refractivity contribution is 0.209. The van der Waals surface area contributed by atoms with Crippen LogP contribution < -0.4 is 5.32 Å². The van der Waals surface area contributed by atoms with Crippen LogP contribution in [0.4, 0.5) is 0 Å². The largest absolute Gasteiger partial charge is 0.311 e. The zero-order valence-electron chi connectivity index (χ0n) is 13.7. The maximum atomic E-state index is 4.17. The van der Waals surface area contributed by atoms with Gasteiger partial charge in [0.1, 0.15) is 0 Å². The molecular formula is C19H27N3. The van der Waals surface area contributed by atoms with Crippen molar-refractivity contribution >= 4 is 0 Å². The first-order chi connectivity index (χ1) is 10.8. The number of hydrogen-bond donors (Lipinski definition) is 1. The molecule has 22 heavy (non-hydrogen) atoms. The molecule has 0 saturated carbocycles. The van der Waals surface area contributed by atoms with Crippen molar-refractivity contribution in [2.24, 2.45) is 0 Å². The molecule has 3 nitrogen and oxygen atoms in total. The van der Waals surface area contributed by atoms with Gasteiger partial charge in [0, 0.05) is 31.5 Å². The average molecular weight is 297 g/mol. The van der Waals surface area contributed by atoms with Crippen molar-refractivity contribution in [2.45, 2.75) is 32.9 Å². The predicted molar refractivity (Wildman–Crippen MR) is 92.8 cm³/mol. The zero-order chi connectivity index (χ0) is 15.6. The minimum absolute atomic E-state index is 0.522. The number of aromatic nitrogens is 1. The van der Waals surface area contributed by atoms with E-state index in [9.17, 15) is 0 Å². The molecule has 0 bridgehead atoms. The van der Waals surface area contributed by atoms with Crippen LogP contribution in [0.25, 0.3) is 0 Å². The molecule has 0 fully saturated rings. The van der Waals surface area contributed by atoms with Gasteiger partial charge in [0.2, 0.25) is 0 Å². The van der Waals surface area contributed by atoms with E-state index in [2.05, 4.69) is 65.4 Å². The molecule has 1 atom stereocenters. The molecule has 0 amide bonds. The number of benzene rings is 1. The number of nitrogens with one attached hydrogen (secondary N) is 1. The van der Waals surface area contributed by atoms with E-state index in [1.54, 1.807) is 0 Å². The molecule has 0 spiro atoms. The Balaban J connectivity index is 1.92. The first kappa shape index (κ1) is 16.7. The molecule has 0 saturated heterocycles. The quantitative estimate of drug-likeness (QED) is 0.771. The highest BCUT2D eigenvalue weighted by atomic mass is 15.2. The summed E-state index contributed by atoms with van der Waals surface area (Å²) in [5, 5.41) is 3.59. The van der Waals surface area contributed by atoms with Gasteiger partial charge in [-0.25, -0.2) is 0 Å².